The first-order chi connectivity index (χ1) is 8.66. The van der Waals surface area contributed by atoms with Crippen molar-refractivity contribution in [3.63, 3.8) is 0 Å². The van der Waals surface area contributed by atoms with Crippen LogP contribution in [-0.2, 0) is 9.59 Å². The summed E-state index contributed by atoms with van der Waals surface area (Å²) in [4.78, 5) is 24.9. The van der Waals surface area contributed by atoms with Gasteiger partial charge in [-0.3, -0.25) is 9.59 Å². The summed E-state index contributed by atoms with van der Waals surface area (Å²) >= 11 is 0. The van der Waals surface area contributed by atoms with E-state index in [9.17, 15) is 9.59 Å². The molecule has 18 heavy (non-hydrogen) atoms. The molecular formula is C14H15NO3. The van der Waals surface area contributed by atoms with Crippen LogP contribution in [0.15, 0.2) is 24.3 Å². The topological polar surface area (TPSA) is 57.6 Å². The number of benzene rings is 1. The van der Waals surface area contributed by atoms with Crippen molar-refractivity contribution >= 4 is 17.6 Å². The Morgan fingerprint density at radius 2 is 2.06 bits per heavy atom. The Morgan fingerprint density at radius 3 is 2.72 bits per heavy atom. The number of hydrogen-bond donors (Lipinski definition) is 1. The third-order valence-electron chi connectivity index (χ3n) is 3.66. The maximum Gasteiger partial charge on any atom is 0.303 e. The largest absolute Gasteiger partial charge is 0.481 e. The molecule has 0 radical (unpaired) electrons. The van der Waals surface area contributed by atoms with E-state index < -0.39 is 5.97 Å². The summed E-state index contributed by atoms with van der Waals surface area (Å²) in [5.74, 6) is -0.953. The molecule has 0 spiro atoms. The van der Waals surface area contributed by atoms with E-state index in [1.54, 1.807) is 0 Å². The van der Waals surface area contributed by atoms with Crippen molar-refractivity contribution in [1.29, 1.82) is 0 Å². The highest BCUT2D eigenvalue weighted by molar-refractivity contribution is 5.98. The lowest BCUT2D eigenvalue weighted by Gasteiger charge is -2.33. The number of amides is 1. The number of rotatable bonds is 3. The van der Waals surface area contributed by atoms with Gasteiger partial charge in [-0.1, -0.05) is 18.2 Å². The molecule has 0 saturated heterocycles. The highest BCUT2D eigenvalue weighted by Crippen LogP contribution is 2.42. The standard InChI is InChI=1S/C14H15NO3/c16-13-7-9(8-14(17)18)11-3-1-2-4-12(11)15(13)10-5-6-10/h1-4,9-10H,5-8H2,(H,17,18). The zero-order valence-corrected chi connectivity index (χ0v) is 10.0. The van der Waals surface area contributed by atoms with Crippen molar-refractivity contribution < 1.29 is 14.7 Å². The van der Waals surface area contributed by atoms with E-state index in [0.717, 1.165) is 24.1 Å². The van der Waals surface area contributed by atoms with Crippen molar-refractivity contribution in [1.82, 2.24) is 0 Å². The lowest BCUT2D eigenvalue weighted by atomic mass is 9.87. The Kier molecular flexibility index (Phi) is 2.58. The minimum atomic E-state index is -0.845. The minimum Gasteiger partial charge on any atom is -0.481 e. The summed E-state index contributed by atoms with van der Waals surface area (Å²) in [7, 11) is 0. The molecule has 4 heteroatoms. The third-order valence-corrected chi connectivity index (χ3v) is 3.66. The Balaban J connectivity index is 2.00. The van der Waals surface area contributed by atoms with E-state index in [0.29, 0.717) is 12.5 Å². The number of para-hydroxylation sites is 1. The fourth-order valence-corrected chi connectivity index (χ4v) is 2.73. The SMILES string of the molecule is O=C(O)CC1CC(=O)N(C2CC2)c2ccccc21. The highest BCUT2D eigenvalue weighted by Gasteiger charge is 2.40. The van der Waals surface area contributed by atoms with Gasteiger partial charge in [0.05, 0.1) is 6.42 Å². The average Bonchev–Trinajstić information content (AvgIpc) is 3.12. The summed E-state index contributed by atoms with van der Waals surface area (Å²) < 4.78 is 0. The highest BCUT2D eigenvalue weighted by atomic mass is 16.4. The van der Waals surface area contributed by atoms with Gasteiger partial charge in [-0.05, 0) is 24.5 Å². The van der Waals surface area contributed by atoms with Crippen molar-refractivity contribution in [3.8, 4) is 0 Å². The first-order valence-electron chi connectivity index (χ1n) is 6.29. The Bertz CT molecular complexity index is 508. The van der Waals surface area contributed by atoms with Crippen LogP contribution in [0.3, 0.4) is 0 Å². The van der Waals surface area contributed by atoms with Gasteiger partial charge in [0.2, 0.25) is 5.91 Å². The van der Waals surface area contributed by atoms with E-state index >= 15 is 0 Å². The van der Waals surface area contributed by atoms with Crippen LogP contribution in [0.2, 0.25) is 0 Å². The van der Waals surface area contributed by atoms with Gasteiger partial charge in [-0.2, -0.15) is 0 Å². The number of hydrogen-bond acceptors (Lipinski definition) is 2. The number of carboxylic acid groups (broad SMARTS) is 1. The van der Waals surface area contributed by atoms with E-state index in [4.69, 9.17) is 5.11 Å². The Labute approximate surface area is 105 Å². The van der Waals surface area contributed by atoms with Crippen LogP contribution in [0, 0.1) is 0 Å². The molecule has 1 aliphatic carbocycles. The molecule has 0 aromatic heterocycles. The van der Waals surface area contributed by atoms with Crippen LogP contribution >= 0.6 is 0 Å². The van der Waals surface area contributed by atoms with Crippen molar-refractivity contribution in [2.45, 2.75) is 37.6 Å². The van der Waals surface area contributed by atoms with Gasteiger partial charge in [-0.15, -0.1) is 0 Å². The predicted octanol–water partition coefficient (Wildman–Crippen LogP) is 2.14. The second kappa shape index (κ2) is 4.12. The normalized spacial score (nSPS) is 22.8. The minimum absolute atomic E-state index is 0.0290. The zero-order valence-electron chi connectivity index (χ0n) is 10.0. The molecule has 4 nitrogen and oxygen atoms in total. The number of carbonyl (C=O) groups is 2. The number of carbonyl (C=O) groups excluding carboxylic acids is 1. The molecular weight excluding hydrogens is 230 g/mol. The number of aliphatic carboxylic acids is 1. The summed E-state index contributed by atoms with van der Waals surface area (Å²) in [6, 6.07) is 8.04. The fourth-order valence-electron chi connectivity index (χ4n) is 2.73. The average molecular weight is 245 g/mol. The fraction of sp³-hybridized carbons (Fsp3) is 0.429. The second-order valence-corrected chi connectivity index (χ2v) is 5.05. The maximum absolute atomic E-state index is 12.2. The molecule has 0 bridgehead atoms. The van der Waals surface area contributed by atoms with E-state index in [1.165, 1.54) is 0 Å². The van der Waals surface area contributed by atoms with Gasteiger partial charge in [-0.25, -0.2) is 0 Å². The Hall–Kier alpha value is -1.84. The maximum atomic E-state index is 12.2. The van der Waals surface area contributed by atoms with Crippen molar-refractivity contribution in [2.24, 2.45) is 0 Å². The van der Waals surface area contributed by atoms with Crippen molar-refractivity contribution in [2.75, 3.05) is 4.90 Å². The molecule has 1 fully saturated rings. The van der Waals surface area contributed by atoms with Gasteiger partial charge < -0.3 is 10.0 Å². The molecule has 3 rings (SSSR count). The smallest absolute Gasteiger partial charge is 0.303 e. The molecule has 1 atom stereocenters. The van der Waals surface area contributed by atoms with Crippen LogP contribution in [0.4, 0.5) is 5.69 Å². The zero-order chi connectivity index (χ0) is 12.7. The molecule has 1 unspecified atom stereocenters. The molecule has 1 aromatic rings. The summed E-state index contributed by atoms with van der Waals surface area (Å²) in [6.07, 6.45) is 2.47. The molecule has 1 aromatic carbocycles. The van der Waals surface area contributed by atoms with Gasteiger partial charge >= 0.3 is 5.97 Å². The predicted molar refractivity (Wildman–Crippen MR) is 66.6 cm³/mol. The Morgan fingerprint density at radius 1 is 1.33 bits per heavy atom. The van der Waals surface area contributed by atoms with Gasteiger partial charge in [0, 0.05) is 24.1 Å². The first-order valence-corrected chi connectivity index (χ1v) is 6.29. The summed E-state index contributed by atoms with van der Waals surface area (Å²) in [5.41, 5.74) is 1.92. The summed E-state index contributed by atoms with van der Waals surface area (Å²) in [5, 5.41) is 8.94. The molecule has 1 saturated carbocycles. The van der Waals surface area contributed by atoms with Crippen LogP contribution < -0.4 is 4.90 Å². The lowest BCUT2D eigenvalue weighted by Crippen LogP contribution is -2.38. The van der Waals surface area contributed by atoms with E-state index in [1.807, 2.05) is 29.2 Å². The third kappa shape index (κ3) is 1.88. The number of anilines is 1. The quantitative estimate of drug-likeness (QED) is 0.887. The second-order valence-electron chi connectivity index (χ2n) is 5.05. The van der Waals surface area contributed by atoms with Crippen molar-refractivity contribution in [3.05, 3.63) is 29.8 Å². The van der Waals surface area contributed by atoms with E-state index in [2.05, 4.69) is 0 Å². The monoisotopic (exact) mass is 245 g/mol. The van der Waals surface area contributed by atoms with Crippen LogP contribution in [-0.4, -0.2) is 23.0 Å². The number of fused-ring (bicyclic) bond motifs is 1. The molecule has 1 N–H and O–H groups in total. The molecule has 94 valence electrons. The summed E-state index contributed by atoms with van der Waals surface area (Å²) in [6.45, 7) is 0. The van der Waals surface area contributed by atoms with Gasteiger partial charge in [0.15, 0.2) is 0 Å². The molecule has 2 aliphatic rings. The van der Waals surface area contributed by atoms with Crippen LogP contribution in [0.1, 0.15) is 37.2 Å². The molecule has 1 heterocycles. The molecule has 1 amide bonds. The van der Waals surface area contributed by atoms with Gasteiger partial charge in [0.1, 0.15) is 0 Å². The van der Waals surface area contributed by atoms with E-state index in [-0.39, 0.29) is 18.2 Å². The van der Waals surface area contributed by atoms with Gasteiger partial charge in [0.25, 0.3) is 0 Å². The van der Waals surface area contributed by atoms with Crippen LogP contribution in [0.25, 0.3) is 0 Å². The number of carboxylic acids is 1. The first kappa shape index (κ1) is 11.3. The molecule has 1 aliphatic heterocycles. The number of nitrogens with zero attached hydrogens (tertiary/aromatic N) is 1. The van der Waals surface area contributed by atoms with Crippen LogP contribution in [0.5, 0.6) is 0 Å². The lowest BCUT2D eigenvalue weighted by molar-refractivity contribution is -0.137.